The van der Waals surface area contributed by atoms with Gasteiger partial charge in [-0.05, 0) is 36.8 Å². The highest BCUT2D eigenvalue weighted by atomic mass is 32.2. The van der Waals surface area contributed by atoms with Crippen LogP contribution in [0.25, 0.3) is 0 Å². The van der Waals surface area contributed by atoms with Crippen LogP contribution in [0, 0.1) is 6.92 Å². The molecule has 0 atom stereocenters. The van der Waals surface area contributed by atoms with Crippen molar-refractivity contribution in [3.05, 3.63) is 42.2 Å². The number of anilines is 2. The van der Waals surface area contributed by atoms with Crippen LogP contribution in [0.15, 0.2) is 41.6 Å². The van der Waals surface area contributed by atoms with Crippen molar-refractivity contribution in [1.82, 2.24) is 9.97 Å². The minimum atomic E-state index is -0.134. The number of hydrogen-bond donors (Lipinski definition) is 2. The van der Waals surface area contributed by atoms with E-state index in [4.69, 9.17) is 5.73 Å². The van der Waals surface area contributed by atoms with Gasteiger partial charge in [-0.15, -0.1) is 11.8 Å². The molecule has 1 heterocycles. The van der Waals surface area contributed by atoms with E-state index in [0.717, 1.165) is 16.1 Å². The normalized spacial score (nSPS) is 10.2. The Kier molecular flexibility index (Phi) is 4.35. The predicted octanol–water partition coefficient (Wildman–Crippen LogP) is 2.10. The van der Waals surface area contributed by atoms with Crippen molar-refractivity contribution in [3.8, 4) is 0 Å². The van der Waals surface area contributed by atoms with Crippen LogP contribution in [0.5, 0.6) is 0 Å². The van der Waals surface area contributed by atoms with Crippen molar-refractivity contribution < 1.29 is 4.79 Å². The van der Waals surface area contributed by atoms with E-state index in [9.17, 15) is 4.79 Å². The summed E-state index contributed by atoms with van der Waals surface area (Å²) in [5.74, 6) is 0.494. The number of carbonyl (C=O) groups is 1. The third kappa shape index (κ3) is 3.96. The number of nitrogen functional groups attached to an aromatic ring is 1. The molecular weight excluding hydrogens is 260 g/mol. The molecule has 0 radical (unpaired) electrons. The molecule has 0 spiro atoms. The molecule has 2 aromatic rings. The van der Waals surface area contributed by atoms with E-state index in [1.807, 2.05) is 25.1 Å². The molecule has 1 aromatic carbocycles. The molecule has 0 fully saturated rings. The molecule has 0 bridgehead atoms. The van der Waals surface area contributed by atoms with Crippen molar-refractivity contribution in [1.29, 1.82) is 0 Å². The van der Waals surface area contributed by atoms with Crippen LogP contribution in [0.3, 0.4) is 0 Å². The molecule has 5 nitrogen and oxygen atoms in total. The second-order valence-corrected chi connectivity index (χ2v) is 4.98. The second-order valence-electron chi connectivity index (χ2n) is 3.93. The highest BCUT2D eigenvalue weighted by Crippen LogP contribution is 2.22. The van der Waals surface area contributed by atoms with Crippen LogP contribution in [0.1, 0.15) is 5.56 Å². The fourth-order valence-corrected chi connectivity index (χ4v) is 2.21. The number of carbonyl (C=O) groups excluding carboxylic acids is 1. The Hall–Kier alpha value is -2.08. The van der Waals surface area contributed by atoms with Crippen LogP contribution >= 0.6 is 11.8 Å². The van der Waals surface area contributed by atoms with Gasteiger partial charge in [-0.1, -0.05) is 0 Å². The topological polar surface area (TPSA) is 80.9 Å². The number of nitrogens with two attached hydrogens (primary N) is 1. The Morgan fingerprint density at radius 3 is 2.79 bits per heavy atom. The SMILES string of the molecule is Cc1cc(SCC(=O)Nc2ncccn2)ccc1N. The van der Waals surface area contributed by atoms with Crippen molar-refractivity contribution >= 4 is 29.3 Å². The van der Waals surface area contributed by atoms with Crippen LogP contribution in [0.2, 0.25) is 0 Å². The van der Waals surface area contributed by atoms with Gasteiger partial charge in [0.15, 0.2) is 0 Å². The van der Waals surface area contributed by atoms with Crippen LogP contribution in [-0.4, -0.2) is 21.6 Å². The number of hydrogen-bond acceptors (Lipinski definition) is 5. The largest absolute Gasteiger partial charge is 0.399 e. The Balaban J connectivity index is 1.88. The molecule has 19 heavy (non-hydrogen) atoms. The molecule has 1 aromatic heterocycles. The summed E-state index contributed by atoms with van der Waals surface area (Å²) in [6.45, 7) is 1.94. The highest BCUT2D eigenvalue weighted by Gasteiger charge is 2.05. The van der Waals surface area contributed by atoms with E-state index in [1.165, 1.54) is 11.8 Å². The van der Waals surface area contributed by atoms with Crippen LogP contribution in [-0.2, 0) is 4.79 Å². The fraction of sp³-hybridized carbons (Fsp3) is 0.154. The summed E-state index contributed by atoms with van der Waals surface area (Å²) in [7, 11) is 0. The van der Waals surface area contributed by atoms with E-state index < -0.39 is 0 Å². The Morgan fingerprint density at radius 2 is 2.11 bits per heavy atom. The number of amides is 1. The van der Waals surface area contributed by atoms with Gasteiger partial charge in [0, 0.05) is 23.0 Å². The third-order valence-corrected chi connectivity index (χ3v) is 3.42. The zero-order valence-corrected chi connectivity index (χ0v) is 11.3. The van der Waals surface area contributed by atoms with Gasteiger partial charge in [0.25, 0.3) is 0 Å². The monoisotopic (exact) mass is 274 g/mol. The summed E-state index contributed by atoms with van der Waals surface area (Å²) in [5, 5.41) is 2.63. The minimum absolute atomic E-state index is 0.134. The Labute approximate surface area is 115 Å². The smallest absolute Gasteiger partial charge is 0.237 e. The highest BCUT2D eigenvalue weighted by molar-refractivity contribution is 8.00. The van der Waals surface area contributed by atoms with Crippen molar-refractivity contribution in [2.45, 2.75) is 11.8 Å². The van der Waals surface area contributed by atoms with E-state index >= 15 is 0 Å². The quantitative estimate of drug-likeness (QED) is 0.659. The van der Waals surface area contributed by atoms with E-state index in [-0.39, 0.29) is 5.91 Å². The molecule has 0 aliphatic carbocycles. The minimum Gasteiger partial charge on any atom is -0.399 e. The number of aromatic nitrogens is 2. The molecule has 0 unspecified atom stereocenters. The summed E-state index contributed by atoms with van der Waals surface area (Å²) in [4.78, 5) is 20.6. The van der Waals surface area contributed by atoms with Gasteiger partial charge in [-0.25, -0.2) is 9.97 Å². The summed E-state index contributed by atoms with van der Waals surface area (Å²) in [6.07, 6.45) is 3.16. The number of benzene rings is 1. The van der Waals surface area contributed by atoms with Gasteiger partial charge in [0.1, 0.15) is 0 Å². The van der Waals surface area contributed by atoms with E-state index in [2.05, 4.69) is 15.3 Å². The number of nitrogens with one attached hydrogen (secondary N) is 1. The lowest BCUT2D eigenvalue weighted by Crippen LogP contribution is -2.15. The molecule has 0 saturated carbocycles. The molecule has 1 amide bonds. The van der Waals surface area contributed by atoms with Gasteiger partial charge in [0.2, 0.25) is 11.9 Å². The molecule has 3 N–H and O–H groups in total. The third-order valence-electron chi connectivity index (χ3n) is 2.43. The average molecular weight is 274 g/mol. The zero-order chi connectivity index (χ0) is 13.7. The first-order chi connectivity index (χ1) is 9.15. The van der Waals surface area contributed by atoms with Crippen LogP contribution < -0.4 is 11.1 Å². The lowest BCUT2D eigenvalue weighted by atomic mass is 10.2. The van der Waals surface area contributed by atoms with E-state index in [1.54, 1.807) is 18.5 Å². The number of nitrogens with zero attached hydrogens (tertiary/aromatic N) is 2. The molecule has 0 aliphatic heterocycles. The van der Waals surface area contributed by atoms with Gasteiger partial charge in [0.05, 0.1) is 5.75 Å². The average Bonchev–Trinajstić information content (AvgIpc) is 2.41. The summed E-state index contributed by atoms with van der Waals surface area (Å²) in [5.41, 5.74) is 7.51. The maximum atomic E-state index is 11.7. The number of aryl methyl sites for hydroxylation is 1. The van der Waals surface area contributed by atoms with Gasteiger partial charge in [-0.3, -0.25) is 10.1 Å². The first-order valence-electron chi connectivity index (χ1n) is 5.71. The van der Waals surface area contributed by atoms with Gasteiger partial charge >= 0.3 is 0 Å². The van der Waals surface area contributed by atoms with Gasteiger partial charge < -0.3 is 5.73 Å². The first-order valence-corrected chi connectivity index (χ1v) is 6.69. The Bertz CT molecular complexity index is 574. The maximum Gasteiger partial charge on any atom is 0.237 e. The van der Waals surface area contributed by atoms with Crippen LogP contribution in [0.4, 0.5) is 11.6 Å². The van der Waals surface area contributed by atoms with Crippen molar-refractivity contribution in [2.24, 2.45) is 0 Å². The lowest BCUT2D eigenvalue weighted by molar-refractivity contribution is -0.113. The molecular formula is C13H14N4OS. The molecule has 98 valence electrons. The van der Waals surface area contributed by atoms with Crippen molar-refractivity contribution in [3.63, 3.8) is 0 Å². The first kappa shape index (κ1) is 13.4. The predicted molar refractivity (Wildman–Crippen MR) is 77.0 cm³/mol. The molecule has 2 rings (SSSR count). The maximum absolute atomic E-state index is 11.7. The molecule has 0 aliphatic rings. The Morgan fingerprint density at radius 1 is 1.37 bits per heavy atom. The second kappa shape index (κ2) is 6.19. The molecule has 6 heteroatoms. The molecule has 0 saturated heterocycles. The van der Waals surface area contributed by atoms with Gasteiger partial charge in [-0.2, -0.15) is 0 Å². The number of rotatable bonds is 4. The summed E-state index contributed by atoms with van der Waals surface area (Å²) >= 11 is 1.45. The summed E-state index contributed by atoms with van der Waals surface area (Å²) < 4.78 is 0. The van der Waals surface area contributed by atoms with E-state index in [0.29, 0.717) is 11.7 Å². The van der Waals surface area contributed by atoms with Crippen molar-refractivity contribution in [2.75, 3.05) is 16.8 Å². The standard InChI is InChI=1S/C13H14N4OS/c1-9-7-10(3-4-11(9)14)19-8-12(18)17-13-15-5-2-6-16-13/h2-7H,8,14H2,1H3,(H,15,16,17,18). The fourth-order valence-electron chi connectivity index (χ4n) is 1.41. The number of thioether (sulfide) groups is 1. The lowest BCUT2D eigenvalue weighted by Gasteiger charge is -2.05. The zero-order valence-electron chi connectivity index (χ0n) is 10.5. The summed E-state index contributed by atoms with van der Waals surface area (Å²) in [6, 6.07) is 7.41.